The minimum absolute atomic E-state index is 0.791. The van der Waals surface area contributed by atoms with E-state index in [0.29, 0.717) is 0 Å². The second-order valence-electron chi connectivity index (χ2n) is 3.75. The van der Waals surface area contributed by atoms with E-state index in [1.807, 2.05) is 24.4 Å². The first kappa shape index (κ1) is 10.7. The Hall–Kier alpha value is -1.77. The smallest absolute Gasteiger partial charge is 0.0955 e. The van der Waals surface area contributed by atoms with Crippen molar-refractivity contribution in [3.8, 4) is 0 Å². The lowest BCUT2D eigenvalue weighted by Gasteiger charge is -2.22. The topological polar surface area (TPSA) is 42.1 Å². The number of nitrogen functional groups attached to an aromatic ring is 1. The molecule has 1 aromatic carbocycles. The van der Waals surface area contributed by atoms with Crippen LogP contribution in [-0.4, -0.2) is 18.1 Å². The van der Waals surface area contributed by atoms with Crippen LogP contribution in [0.3, 0.4) is 0 Å². The molecule has 1 heterocycles. The molecule has 0 spiro atoms. The van der Waals surface area contributed by atoms with Gasteiger partial charge in [-0.2, -0.15) is 0 Å². The van der Waals surface area contributed by atoms with E-state index in [4.69, 9.17) is 5.73 Å². The average Bonchev–Trinajstić information content (AvgIpc) is 2.34. The molecule has 2 N–H and O–H groups in total. The van der Waals surface area contributed by atoms with Gasteiger partial charge in [-0.25, -0.2) is 0 Å². The molecule has 0 saturated carbocycles. The Morgan fingerprint density at radius 3 is 2.62 bits per heavy atom. The van der Waals surface area contributed by atoms with Gasteiger partial charge in [-0.05, 0) is 38.1 Å². The fraction of sp³-hybridized carbons (Fsp3) is 0.308. The molecule has 0 aliphatic heterocycles. The SMILES string of the molecule is CCN(CC)c1ccc(N)c2cccnc12. The predicted molar refractivity (Wildman–Crippen MR) is 69.7 cm³/mol. The third-order valence-corrected chi connectivity index (χ3v) is 2.89. The number of nitrogens with zero attached hydrogens (tertiary/aromatic N) is 2. The van der Waals surface area contributed by atoms with E-state index >= 15 is 0 Å². The number of hydrogen-bond acceptors (Lipinski definition) is 3. The van der Waals surface area contributed by atoms with Crippen molar-refractivity contribution in [3.63, 3.8) is 0 Å². The number of anilines is 2. The zero-order valence-corrected chi connectivity index (χ0v) is 9.77. The van der Waals surface area contributed by atoms with Crippen LogP contribution in [0.25, 0.3) is 10.9 Å². The molecule has 0 aliphatic carbocycles. The van der Waals surface area contributed by atoms with Gasteiger partial charge >= 0.3 is 0 Å². The summed E-state index contributed by atoms with van der Waals surface area (Å²) in [5.74, 6) is 0. The first-order chi connectivity index (χ1) is 7.77. The third-order valence-electron chi connectivity index (χ3n) is 2.89. The second kappa shape index (κ2) is 4.39. The number of benzene rings is 1. The van der Waals surface area contributed by atoms with E-state index in [1.54, 1.807) is 0 Å². The lowest BCUT2D eigenvalue weighted by Crippen LogP contribution is -2.22. The van der Waals surface area contributed by atoms with Crippen LogP contribution in [-0.2, 0) is 0 Å². The number of hydrogen-bond donors (Lipinski definition) is 1. The molecular formula is C13H17N3. The van der Waals surface area contributed by atoms with Crippen LogP contribution in [0.2, 0.25) is 0 Å². The minimum Gasteiger partial charge on any atom is -0.398 e. The van der Waals surface area contributed by atoms with Gasteiger partial charge in [0.15, 0.2) is 0 Å². The fourth-order valence-electron chi connectivity index (χ4n) is 2.00. The van der Waals surface area contributed by atoms with Gasteiger partial charge in [0.2, 0.25) is 0 Å². The predicted octanol–water partition coefficient (Wildman–Crippen LogP) is 2.66. The largest absolute Gasteiger partial charge is 0.398 e. The maximum absolute atomic E-state index is 5.95. The van der Waals surface area contributed by atoms with Gasteiger partial charge in [-0.3, -0.25) is 4.98 Å². The van der Waals surface area contributed by atoms with Gasteiger partial charge in [0.1, 0.15) is 0 Å². The summed E-state index contributed by atoms with van der Waals surface area (Å²) in [6, 6.07) is 7.95. The molecule has 0 amide bonds. The van der Waals surface area contributed by atoms with Crippen LogP contribution in [0.1, 0.15) is 13.8 Å². The minimum atomic E-state index is 0.791. The summed E-state index contributed by atoms with van der Waals surface area (Å²) in [4.78, 5) is 6.72. The Labute approximate surface area is 95.9 Å². The van der Waals surface area contributed by atoms with Crippen molar-refractivity contribution in [2.24, 2.45) is 0 Å². The molecule has 84 valence electrons. The molecule has 0 bridgehead atoms. The number of rotatable bonds is 3. The van der Waals surface area contributed by atoms with Gasteiger partial charge in [0.25, 0.3) is 0 Å². The summed E-state index contributed by atoms with van der Waals surface area (Å²) in [6.45, 7) is 6.25. The van der Waals surface area contributed by atoms with E-state index in [0.717, 1.165) is 35.4 Å². The summed E-state index contributed by atoms with van der Waals surface area (Å²) >= 11 is 0. The van der Waals surface area contributed by atoms with Gasteiger partial charge < -0.3 is 10.6 Å². The van der Waals surface area contributed by atoms with E-state index < -0.39 is 0 Å². The van der Waals surface area contributed by atoms with E-state index in [2.05, 4.69) is 29.8 Å². The van der Waals surface area contributed by atoms with Crippen LogP contribution < -0.4 is 10.6 Å². The third kappa shape index (κ3) is 1.69. The zero-order valence-electron chi connectivity index (χ0n) is 9.77. The molecule has 16 heavy (non-hydrogen) atoms. The van der Waals surface area contributed by atoms with Crippen LogP contribution in [0.15, 0.2) is 30.5 Å². The number of aromatic nitrogens is 1. The molecule has 3 heteroatoms. The van der Waals surface area contributed by atoms with Crippen LogP contribution >= 0.6 is 0 Å². The highest BCUT2D eigenvalue weighted by Gasteiger charge is 2.09. The standard InChI is InChI=1S/C13H17N3/c1-3-16(4-2)12-8-7-11(14)10-6-5-9-15-13(10)12/h5-9H,3-4,14H2,1-2H3. The average molecular weight is 215 g/mol. The first-order valence-corrected chi connectivity index (χ1v) is 5.66. The van der Waals surface area contributed by atoms with Crippen molar-refractivity contribution in [2.75, 3.05) is 23.7 Å². The Balaban J connectivity index is 2.66. The summed E-state index contributed by atoms with van der Waals surface area (Å²) in [6.07, 6.45) is 1.81. The van der Waals surface area contributed by atoms with Crippen LogP contribution in [0.4, 0.5) is 11.4 Å². The maximum atomic E-state index is 5.95. The van der Waals surface area contributed by atoms with Gasteiger partial charge in [0, 0.05) is 30.4 Å². The summed E-state index contributed by atoms with van der Waals surface area (Å²) < 4.78 is 0. The summed E-state index contributed by atoms with van der Waals surface area (Å²) in [5.41, 5.74) is 8.89. The zero-order chi connectivity index (χ0) is 11.5. The highest BCUT2D eigenvalue weighted by atomic mass is 15.1. The van der Waals surface area contributed by atoms with E-state index in [1.165, 1.54) is 0 Å². The lowest BCUT2D eigenvalue weighted by molar-refractivity contribution is 0.869. The van der Waals surface area contributed by atoms with Crippen LogP contribution in [0.5, 0.6) is 0 Å². The van der Waals surface area contributed by atoms with E-state index in [9.17, 15) is 0 Å². The molecule has 2 rings (SSSR count). The number of pyridine rings is 1. The molecule has 3 nitrogen and oxygen atoms in total. The quantitative estimate of drug-likeness (QED) is 0.800. The molecular weight excluding hydrogens is 198 g/mol. The van der Waals surface area contributed by atoms with Crippen LogP contribution in [0, 0.1) is 0 Å². The van der Waals surface area contributed by atoms with Crippen molar-refractivity contribution in [2.45, 2.75) is 13.8 Å². The summed E-state index contributed by atoms with van der Waals surface area (Å²) in [7, 11) is 0. The molecule has 0 saturated heterocycles. The van der Waals surface area contributed by atoms with Crippen molar-refractivity contribution in [1.82, 2.24) is 4.98 Å². The maximum Gasteiger partial charge on any atom is 0.0955 e. The molecule has 2 aromatic rings. The van der Waals surface area contributed by atoms with Crippen molar-refractivity contribution in [3.05, 3.63) is 30.5 Å². The van der Waals surface area contributed by atoms with Gasteiger partial charge in [-0.15, -0.1) is 0 Å². The normalized spacial score (nSPS) is 10.6. The monoisotopic (exact) mass is 215 g/mol. The Kier molecular flexibility index (Phi) is 2.95. The van der Waals surface area contributed by atoms with Gasteiger partial charge in [-0.1, -0.05) is 0 Å². The molecule has 0 fully saturated rings. The van der Waals surface area contributed by atoms with Crippen molar-refractivity contribution >= 4 is 22.3 Å². The second-order valence-corrected chi connectivity index (χ2v) is 3.75. The lowest BCUT2D eigenvalue weighted by atomic mass is 10.1. The first-order valence-electron chi connectivity index (χ1n) is 5.66. The van der Waals surface area contributed by atoms with E-state index in [-0.39, 0.29) is 0 Å². The van der Waals surface area contributed by atoms with Gasteiger partial charge in [0.05, 0.1) is 11.2 Å². The van der Waals surface area contributed by atoms with Crippen molar-refractivity contribution < 1.29 is 0 Å². The molecule has 0 radical (unpaired) electrons. The molecule has 0 unspecified atom stereocenters. The number of fused-ring (bicyclic) bond motifs is 1. The molecule has 0 atom stereocenters. The Morgan fingerprint density at radius 2 is 1.94 bits per heavy atom. The fourth-order valence-corrected chi connectivity index (χ4v) is 2.00. The van der Waals surface area contributed by atoms with Crippen molar-refractivity contribution in [1.29, 1.82) is 0 Å². The highest BCUT2D eigenvalue weighted by Crippen LogP contribution is 2.28. The Morgan fingerprint density at radius 1 is 1.19 bits per heavy atom. The highest BCUT2D eigenvalue weighted by molar-refractivity contribution is 5.98. The summed E-state index contributed by atoms with van der Waals surface area (Å²) in [5, 5.41) is 1.03. The number of nitrogens with two attached hydrogens (primary N) is 1. The Bertz CT molecular complexity index is 490. The molecule has 1 aromatic heterocycles. The molecule has 0 aliphatic rings.